The molecule has 0 heterocycles. The number of carbonyl (C=O) groups excluding carboxylic acids is 2. The molecule has 0 rings (SSSR count). The van der Waals surface area contributed by atoms with E-state index in [0.717, 1.165) is 0 Å². The highest BCUT2D eigenvalue weighted by Crippen LogP contribution is 2.27. The largest absolute Gasteiger partial charge is 0.468 e. The van der Waals surface area contributed by atoms with Crippen LogP contribution in [-0.2, 0) is 19.1 Å². The number of halogens is 1. The molecule has 0 aromatic rings. The second-order valence-corrected chi connectivity index (χ2v) is 4.90. The first-order valence-electron chi connectivity index (χ1n) is 4.74. The number of methoxy groups -OCH3 is 1. The van der Waals surface area contributed by atoms with Gasteiger partial charge in [-0.1, -0.05) is 15.9 Å². The summed E-state index contributed by atoms with van der Waals surface area (Å²) in [4.78, 5) is 22.2. The number of hydrogen-bond acceptors (Lipinski definition) is 4. The molecule has 88 valence electrons. The first-order valence-corrected chi connectivity index (χ1v) is 5.65. The Morgan fingerprint density at radius 2 is 1.93 bits per heavy atom. The quantitative estimate of drug-likeness (QED) is 0.570. The molecule has 0 amide bonds. The number of hydrogen-bond donors (Lipinski definition) is 0. The maximum atomic E-state index is 11.5. The van der Waals surface area contributed by atoms with Crippen molar-refractivity contribution in [3.63, 3.8) is 0 Å². The van der Waals surface area contributed by atoms with Crippen LogP contribution in [0.3, 0.4) is 0 Å². The summed E-state index contributed by atoms with van der Waals surface area (Å²) in [5.74, 6) is -0.689. The first-order chi connectivity index (χ1) is 6.85. The molecule has 5 heteroatoms. The van der Waals surface area contributed by atoms with Gasteiger partial charge in [0.2, 0.25) is 0 Å². The highest BCUT2D eigenvalue weighted by atomic mass is 79.9. The van der Waals surface area contributed by atoms with Gasteiger partial charge in [0.15, 0.2) is 0 Å². The molecule has 0 aliphatic heterocycles. The van der Waals surface area contributed by atoms with Crippen molar-refractivity contribution in [3.05, 3.63) is 0 Å². The Bertz CT molecular complexity index is 238. The molecule has 0 bridgehead atoms. The van der Waals surface area contributed by atoms with Gasteiger partial charge in [-0.15, -0.1) is 0 Å². The monoisotopic (exact) mass is 280 g/mol. The minimum Gasteiger partial charge on any atom is -0.468 e. The molecule has 15 heavy (non-hydrogen) atoms. The lowest BCUT2D eigenvalue weighted by molar-refractivity contribution is -0.154. The second kappa shape index (κ2) is 6.10. The van der Waals surface area contributed by atoms with Gasteiger partial charge >= 0.3 is 11.9 Å². The van der Waals surface area contributed by atoms with Crippen molar-refractivity contribution in [2.24, 2.45) is 5.41 Å². The van der Waals surface area contributed by atoms with Gasteiger partial charge in [0.25, 0.3) is 0 Å². The van der Waals surface area contributed by atoms with E-state index >= 15 is 0 Å². The Balaban J connectivity index is 4.36. The Morgan fingerprint density at radius 1 is 1.40 bits per heavy atom. The Morgan fingerprint density at radius 3 is 2.33 bits per heavy atom. The molecule has 0 aliphatic carbocycles. The molecular formula is C10H17BrO4. The summed E-state index contributed by atoms with van der Waals surface area (Å²) < 4.78 is 9.47. The standard InChI is InChI=1S/C10H17BrO4/c1-5-15-9(13)10(2,3)6-7(11)8(12)14-4/h7H,5-6H2,1-4H3. The van der Waals surface area contributed by atoms with Gasteiger partial charge in [0, 0.05) is 0 Å². The molecule has 0 aromatic heterocycles. The van der Waals surface area contributed by atoms with E-state index < -0.39 is 10.2 Å². The van der Waals surface area contributed by atoms with E-state index in [2.05, 4.69) is 20.7 Å². The summed E-state index contributed by atoms with van der Waals surface area (Å²) in [5.41, 5.74) is -0.696. The summed E-state index contributed by atoms with van der Waals surface area (Å²) in [6.07, 6.45) is 0.346. The minimum atomic E-state index is -0.696. The first kappa shape index (κ1) is 14.4. The van der Waals surface area contributed by atoms with E-state index in [-0.39, 0.29) is 11.9 Å². The summed E-state index contributed by atoms with van der Waals surface area (Å²) in [7, 11) is 1.31. The van der Waals surface area contributed by atoms with Crippen LogP contribution in [0.25, 0.3) is 0 Å². The predicted octanol–water partition coefficient (Wildman–Crippen LogP) is 1.90. The summed E-state index contributed by atoms with van der Waals surface area (Å²) >= 11 is 3.18. The lowest BCUT2D eigenvalue weighted by Crippen LogP contribution is -2.32. The zero-order chi connectivity index (χ0) is 12.1. The summed E-state index contributed by atoms with van der Waals surface area (Å²) in [6.45, 7) is 5.57. The van der Waals surface area contributed by atoms with Crippen molar-refractivity contribution in [2.45, 2.75) is 32.0 Å². The van der Waals surface area contributed by atoms with E-state index in [0.29, 0.717) is 13.0 Å². The van der Waals surface area contributed by atoms with Gasteiger partial charge in [0.05, 0.1) is 19.1 Å². The van der Waals surface area contributed by atoms with Gasteiger partial charge in [-0.2, -0.15) is 0 Å². The van der Waals surface area contributed by atoms with Crippen LogP contribution >= 0.6 is 15.9 Å². The molecule has 0 aliphatic rings. The maximum absolute atomic E-state index is 11.5. The summed E-state index contributed by atoms with van der Waals surface area (Å²) in [6, 6.07) is 0. The van der Waals surface area contributed by atoms with E-state index in [1.165, 1.54) is 7.11 Å². The molecule has 0 saturated heterocycles. The molecule has 1 atom stereocenters. The smallest absolute Gasteiger partial charge is 0.319 e. The molecule has 0 N–H and O–H groups in total. The molecule has 0 fully saturated rings. The molecule has 0 radical (unpaired) electrons. The molecule has 0 saturated carbocycles. The van der Waals surface area contributed by atoms with Gasteiger partial charge < -0.3 is 9.47 Å². The van der Waals surface area contributed by atoms with Crippen LogP contribution in [0.2, 0.25) is 0 Å². The van der Waals surface area contributed by atoms with E-state index in [9.17, 15) is 9.59 Å². The molecule has 0 aromatic carbocycles. The van der Waals surface area contributed by atoms with E-state index in [1.807, 2.05) is 0 Å². The third-order valence-electron chi connectivity index (χ3n) is 1.97. The average Bonchev–Trinajstić information content (AvgIpc) is 2.16. The third-order valence-corrected chi connectivity index (χ3v) is 2.67. The maximum Gasteiger partial charge on any atom is 0.319 e. The highest BCUT2D eigenvalue weighted by molar-refractivity contribution is 9.10. The average molecular weight is 281 g/mol. The fraction of sp³-hybridized carbons (Fsp3) is 0.800. The lowest BCUT2D eigenvalue weighted by Gasteiger charge is -2.23. The van der Waals surface area contributed by atoms with Crippen molar-refractivity contribution in [1.29, 1.82) is 0 Å². The number of rotatable bonds is 5. The Kier molecular flexibility index (Phi) is 5.87. The van der Waals surface area contributed by atoms with Gasteiger partial charge in [-0.25, -0.2) is 0 Å². The number of alkyl halides is 1. The van der Waals surface area contributed by atoms with Crippen molar-refractivity contribution < 1.29 is 19.1 Å². The Labute approximate surface area is 98.4 Å². The van der Waals surface area contributed by atoms with E-state index in [4.69, 9.17) is 4.74 Å². The van der Waals surface area contributed by atoms with Gasteiger partial charge in [-0.05, 0) is 27.2 Å². The molecule has 0 spiro atoms. The van der Waals surface area contributed by atoms with E-state index in [1.54, 1.807) is 20.8 Å². The lowest BCUT2D eigenvalue weighted by atomic mass is 9.88. The predicted molar refractivity (Wildman–Crippen MR) is 59.8 cm³/mol. The van der Waals surface area contributed by atoms with Crippen molar-refractivity contribution in [2.75, 3.05) is 13.7 Å². The third kappa shape index (κ3) is 4.64. The molecule has 4 nitrogen and oxygen atoms in total. The fourth-order valence-electron chi connectivity index (χ4n) is 1.07. The van der Waals surface area contributed by atoms with Crippen LogP contribution in [-0.4, -0.2) is 30.5 Å². The number of ether oxygens (including phenoxy) is 2. The van der Waals surface area contributed by atoms with Gasteiger partial charge in [0.1, 0.15) is 4.83 Å². The SMILES string of the molecule is CCOC(=O)C(C)(C)CC(Br)C(=O)OC. The van der Waals surface area contributed by atoms with Crippen molar-refractivity contribution in [1.82, 2.24) is 0 Å². The van der Waals surface area contributed by atoms with Crippen LogP contribution < -0.4 is 0 Å². The number of esters is 2. The van der Waals surface area contributed by atoms with Crippen molar-refractivity contribution in [3.8, 4) is 0 Å². The molecule has 1 unspecified atom stereocenters. The zero-order valence-electron chi connectivity index (χ0n) is 9.50. The van der Waals surface area contributed by atoms with Crippen LogP contribution in [0.15, 0.2) is 0 Å². The fourth-order valence-corrected chi connectivity index (χ4v) is 2.07. The highest BCUT2D eigenvalue weighted by Gasteiger charge is 2.34. The van der Waals surface area contributed by atoms with Crippen LogP contribution in [0.5, 0.6) is 0 Å². The van der Waals surface area contributed by atoms with Gasteiger partial charge in [-0.3, -0.25) is 9.59 Å². The summed E-state index contributed by atoms with van der Waals surface area (Å²) in [5, 5.41) is 0. The second-order valence-electron chi connectivity index (χ2n) is 3.80. The Hall–Kier alpha value is -0.580. The minimum absolute atomic E-state index is 0.307. The van der Waals surface area contributed by atoms with Crippen molar-refractivity contribution >= 4 is 27.9 Å². The molecular weight excluding hydrogens is 264 g/mol. The van der Waals surface area contributed by atoms with Crippen LogP contribution in [0, 0.1) is 5.41 Å². The number of carbonyl (C=O) groups is 2. The zero-order valence-corrected chi connectivity index (χ0v) is 11.1. The van der Waals surface area contributed by atoms with Crippen LogP contribution in [0.1, 0.15) is 27.2 Å². The normalized spacial score (nSPS) is 13.1. The van der Waals surface area contributed by atoms with Crippen LogP contribution in [0.4, 0.5) is 0 Å². The topological polar surface area (TPSA) is 52.6 Å².